The predicted molar refractivity (Wildman–Crippen MR) is 65.7 cm³/mol. The second kappa shape index (κ2) is 5.97. The molecule has 1 aromatic carbocycles. The minimum Gasteiger partial charge on any atom is -0.425 e. The molecular weight excluding hydrogens is 232 g/mol. The van der Waals surface area contributed by atoms with Crippen LogP contribution >= 0.6 is 0 Å². The van der Waals surface area contributed by atoms with Crippen LogP contribution in [0.2, 0.25) is 0 Å². The molecule has 0 unspecified atom stereocenters. The third kappa shape index (κ3) is 3.18. The van der Waals surface area contributed by atoms with E-state index in [2.05, 4.69) is 5.10 Å². The van der Waals surface area contributed by atoms with Crippen LogP contribution < -0.4 is 4.74 Å². The number of hydrogen-bond donors (Lipinski definition) is 0. The monoisotopic (exact) mass is 246 g/mol. The highest BCUT2D eigenvalue weighted by Crippen LogP contribution is 2.14. The molecule has 2 aromatic rings. The molecule has 94 valence electrons. The number of nitrogens with zero attached hydrogens (tertiary/aromatic N) is 2. The maximum atomic E-state index is 11.3. The van der Waals surface area contributed by atoms with Crippen molar-refractivity contribution in [2.45, 2.75) is 6.92 Å². The Kier molecular flexibility index (Phi) is 4.09. The SMILES string of the molecule is CCOCC(=O)Oc1ccc(-n2cccn2)cc1. The molecule has 0 atom stereocenters. The summed E-state index contributed by atoms with van der Waals surface area (Å²) in [5, 5.41) is 4.11. The number of ether oxygens (including phenoxy) is 2. The molecule has 0 saturated heterocycles. The normalized spacial score (nSPS) is 10.3. The van der Waals surface area contributed by atoms with E-state index in [1.807, 2.05) is 31.3 Å². The van der Waals surface area contributed by atoms with Crippen LogP contribution in [0.3, 0.4) is 0 Å². The Hall–Kier alpha value is -2.14. The van der Waals surface area contributed by atoms with Crippen molar-refractivity contribution in [2.75, 3.05) is 13.2 Å². The van der Waals surface area contributed by atoms with Crippen molar-refractivity contribution in [1.82, 2.24) is 9.78 Å². The first kappa shape index (κ1) is 12.3. The smallest absolute Gasteiger partial charge is 0.337 e. The Morgan fingerprint density at radius 1 is 1.33 bits per heavy atom. The van der Waals surface area contributed by atoms with E-state index in [4.69, 9.17) is 9.47 Å². The van der Waals surface area contributed by atoms with Crippen molar-refractivity contribution in [1.29, 1.82) is 0 Å². The lowest BCUT2D eigenvalue weighted by Gasteiger charge is -2.05. The van der Waals surface area contributed by atoms with Crippen LogP contribution in [0.1, 0.15) is 6.92 Å². The second-order valence-corrected chi connectivity index (χ2v) is 3.56. The summed E-state index contributed by atoms with van der Waals surface area (Å²) in [7, 11) is 0. The highest BCUT2D eigenvalue weighted by molar-refractivity contribution is 5.73. The van der Waals surface area contributed by atoms with Gasteiger partial charge in [0.2, 0.25) is 0 Å². The number of carbonyl (C=O) groups excluding carboxylic acids is 1. The standard InChI is InChI=1S/C13H14N2O3/c1-2-17-10-13(16)18-12-6-4-11(5-7-12)15-9-3-8-14-15/h3-9H,2,10H2,1H3. The maximum absolute atomic E-state index is 11.3. The van der Waals surface area contributed by atoms with E-state index >= 15 is 0 Å². The minimum absolute atomic E-state index is 0.0303. The third-order valence-corrected chi connectivity index (χ3v) is 2.26. The molecule has 0 aliphatic rings. The molecule has 1 heterocycles. The zero-order valence-electron chi connectivity index (χ0n) is 10.1. The van der Waals surface area contributed by atoms with Crippen molar-refractivity contribution in [2.24, 2.45) is 0 Å². The van der Waals surface area contributed by atoms with Crippen LogP contribution in [0.5, 0.6) is 5.75 Å². The Balaban J connectivity index is 1.98. The molecule has 0 N–H and O–H groups in total. The first-order valence-electron chi connectivity index (χ1n) is 5.68. The van der Waals surface area contributed by atoms with Crippen LogP contribution in [0.25, 0.3) is 5.69 Å². The van der Waals surface area contributed by atoms with E-state index in [0.717, 1.165) is 5.69 Å². The molecule has 0 aliphatic heterocycles. The third-order valence-electron chi connectivity index (χ3n) is 2.26. The van der Waals surface area contributed by atoms with Gasteiger partial charge in [-0.3, -0.25) is 0 Å². The van der Waals surface area contributed by atoms with E-state index in [1.165, 1.54) is 0 Å². The van der Waals surface area contributed by atoms with Crippen molar-refractivity contribution in [3.8, 4) is 11.4 Å². The molecule has 1 aromatic heterocycles. The fourth-order valence-corrected chi connectivity index (χ4v) is 1.43. The van der Waals surface area contributed by atoms with Gasteiger partial charge in [0.1, 0.15) is 12.4 Å². The Labute approximate surface area is 105 Å². The molecule has 18 heavy (non-hydrogen) atoms. The largest absolute Gasteiger partial charge is 0.425 e. The van der Waals surface area contributed by atoms with Crippen LogP contribution in [0.4, 0.5) is 0 Å². The molecule has 0 amide bonds. The van der Waals surface area contributed by atoms with Crippen LogP contribution in [0, 0.1) is 0 Å². The van der Waals surface area contributed by atoms with Crippen LogP contribution in [-0.4, -0.2) is 29.0 Å². The van der Waals surface area contributed by atoms with Crippen molar-refractivity contribution in [3.05, 3.63) is 42.7 Å². The van der Waals surface area contributed by atoms with Gasteiger partial charge in [-0.15, -0.1) is 0 Å². The second-order valence-electron chi connectivity index (χ2n) is 3.56. The molecule has 0 aliphatic carbocycles. The van der Waals surface area contributed by atoms with Gasteiger partial charge >= 0.3 is 5.97 Å². The lowest BCUT2D eigenvalue weighted by molar-refractivity contribution is -0.139. The number of hydrogen-bond acceptors (Lipinski definition) is 4. The quantitative estimate of drug-likeness (QED) is 0.596. The van der Waals surface area contributed by atoms with Gasteiger partial charge in [0.25, 0.3) is 0 Å². The molecule has 5 nitrogen and oxygen atoms in total. The summed E-state index contributed by atoms with van der Waals surface area (Å²) in [5.74, 6) is 0.0966. The maximum Gasteiger partial charge on any atom is 0.337 e. The molecule has 0 bridgehead atoms. The zero-order valence-corrected chi connectivity index (χ0v) is 10.1. The number of carbonyl (C=O) groups is 1. The van der Waals surface area contributed by atoms with Gasteiger partial charge in [0, 0.05) is 19.0 Å². The molecular formula is C13H14N2O3. The highest BCUT2D eigenvalue weighted by Gasteiger charge is 2.04. The number of esters is 1. The highest BCUT2D eigenvalue weighted by atomic mass is 16.6. The first-order chi connectivity index (χ1) is 8.79. The lowest BCUT2D eigenvalue weighted by Crippen LogP contribution is -2.15. The number of benzene rings is 1. The molecule has 0 spiro atoms. The first-order valence-corrected chi connectivity index (χ1v) is 5.68. The number of aromatic nitrogens is 2. The van der Waals surface area contributed by atoms with Gasteiger partial charge in [0.15, 0.2) is 0 Å². The van der Waals surface area contributed by atoms with Crippen molar-refractivity contribution < 1.29 is 14.3 Å². The minimum atomic E-state index is -0.399. The fraction of sp³-hybridized carbons (Fsp3) is 0.231. The van der Waals surface area contributed by atoms with Gasteiger partial charge < -0.3 is 9.47 Å². The Morgan fingerprint density at radius 3 is 2.72 bits per heavy atom. The predicted octanol–water partition coefficient (Wildman–Crippen LogP) is 1.81. The molecule has 5 heteroatoms. The summed E-state index contributed by atoms with van der Waals surface area (Å²) < 4.78 is 11.8. The van der Waals surface area contributed by atoms with E-state index < -0.39 is 5.97 Å². The molecule has 0 radical (unpaired) electrons. The summed E-state index contributed by atoms with van der Waals surface area (Å²) in [6, 6.07) is 8.95. The lowest BCUT2D eigenvalue weighted by atomic mass is 10.3. The van der Waals surface area contributed by atoms with E-state index in [0.29, 0.717) is 12.4 Å². The van der Waals surface area contributed by atoms with E-state index in [9.17, 15) is 4.79 Å². The fourth-order valence-electron chi connectivity index (χ4n) is 1.43. The molecule has 0 fully saturated rings. The van der Waals surface area contributed by atoms with Crippen LogP contribution in [-0.2, 0) is 9.53 Å². The van der Waals surface area contributed by atoms with Gasteiger partial charge in [-0.1, -0.05) is 0 Å². The summed E-state index contributed by atoms with van der Waals surface area (Å²) in [6.45, 7) is 2.29. The molecule has 2 rings (SSSR count). The van der Waals surface area contributed by atoms with Crippen molar-refractivity contribution in [3.63, 3.8) is 0 Å². The summed E-state index contributed by atoms with van der Waals surface area (Å²) >= 11 is 0. The summed E-state index contributed by atoms with van der Waals surface area (Å²) in [5.41, 5.74) is 0.907. The zero-order chi connectivity index (χ0) is 12.8. The van der Waals surface area contributed by atoms with Gasteiger partial charge in [-0.05, 0) is 37.3 Å². The molecule has 0 saturated carbocycles. The average molecular weight is 246 g/mol. The average Bonchev–Trinajstić information content (AvgIpc) is 2.91. The van der Waals surface area contributed by atoms with Gasteiger partial charge in [0.05, 0.1) is 5.69 Å². The topological polar surface area (TPSA) is 53.4 Å². The van der Waals surface area contributed by atoms with Crippen LogP contribution in [0.15, 0.2) is 42.7 Å². The number of rotatable bonds is 5. The summed E-state index contributed by atoms with van der Waals surface area (Å²) in [4.78, 5) is 11.3. The van der Waals surface area contributed by atoms with Gasteiger partial charge in [-0.2, -0.15) is 5.10 Å². The Morgan fingerprint density at radius 2 is 2.11 bits per heavy atom. The van der Waals surface area contributed by atoms with E-state index in [1.54, 1.807) is 23.0 Å². The van der Waals surface area contributed by atoms with E-state index in [-0.39, 0.29) is 6.61 Å². The van der Waals surface area contributed by atoms with Gasteiger partial charge in [-0.25, -0.2) is 9.48 Å². The van der Waals surface area contributed by atoms with Crippen molar-refractivity contribution >= 4 is 5.97 Å². The Bertz CT molecular complexity index is 491. The summed E-state index contributed by atoms with van der Waals surface area (Å²) in [6.07, 6.45) is 3.55.